The predicted octanol–water partition coefficient (Wildman–Crippen LogP) is 1.53. The fourth-order valence-corrected chi connectivity index (χ4v) is 1.42. The molecule has 1 N–H and O–H groups in total. The summed E-state index contributed by atoms with van der Waals surface area (Å²) < 4.78 is 0. The first-order valence-corrected chi connectivity index (χ1v) is 5.98. The summed E-state index contributed by atoms with van der Waals surface area (Å²) in [6.45, 7) is 9.01. The van der Waals surface area contributed by atoms with E-state index in [4.69, 9.17) is 5.26 Å². The summed E-state index contributed by atoms with van der Waals surface area (Å²) in [5.41, 5.74) is 0. The van der Waals surface area contributed by atoms with Crippen LogP contribution in [0.15, 0.2) is 0 Å². The maximum atomic E-state index is 11.8. The molecule has 4 nitrogen and oxygen atoms in total. The van der Waals surface area contributed by atoms with Crippen molar-refractivity contribution in [3.63, 3.8) is 0 Å². The number of hydrogen-bond donors (Lipinski definition) is 1. The molecular formula is C12H23N3O. The van der Waals surface area contributed by atoms with E-state index in [0.717, 1.165) is 19.4 Å². The first-order valence-electron chi connectivity index (χ1n) is 5.98. The Balaban J connectivity index is 4.31. The molecule has 0 bridgehead atoms. The zero-order chi connectivity index (χ0) is 12.6. The molecule has 0 fully saturated rings. The van der Waals surface area contributed by atoms with Crippen molar-refractivity contribution < 1.29 is 4.79 Å². The van der Waals surface area contributed by atoms with E-state index in [0.29, 0.717) is 6.54 Å². The van der Waals surface area contributed by atoms with Crippen LogP contribution >= 0.6 is 0 Å². The van der Waals surface area contributed by atoms with Gasteiger partial charge in [-0.15, -0.1) is 0 Å². The molecule has 0 rings (SSSR count). The molecule has 16 heavy (non-hydrogen) atoms. The Bertz CT molecular complexity index is 247. The fourth-order valence-electron chi connectivity index (χ4n) is 1.42. The van der Waals surface area contributed by atoms with Crippen molar-refractivity contribution in [1.82, 2.24) is 10.2 Å². The van der Waals surface area contributed by atoms with Crippen LogP contribution in [-0.4, -0.2) is 36.0 Å². The minimum Gasteiger partial charge on any atom is -0.352 e. The van der Waals surface area contributed by atoms with Crippen LogP contribution in [0.25, 0.3) is 0 Å². The largest absolute Gasteiger partial charge is 0.352 e. The molecule has 0 aromatic carbocycles. The molecule has 1 amide bonds. The summed E-state index contributed by atoms with van der Waals surface area (Å²) in [4.78, 5) is 13.7. The average molecular weight is 225 g/mol. The highest BCUT2D eigenvalue weighted by Crippen LogP contribution is 2.01. The zero-order valence-corrected chi connectivity index (χ0v) is 10.8. The molecule has 0 radical (unpaired) electrons. The number of carbonyl (C=O) groups is 1. The number of nitrogens with zero attached hydrogens (tertiary/aromatic N) is 2. The third kappa shape index (κ3) is 5.13. The molecule has 0 saturated heterocycles. The zero-order valence-electron chi connectivity index (χ0n) is 10.8. The van der Waals surface area contributed by atoms with Gasteiger partial charge in [0.25, 0.3) is 0 Å². The Morgan fingerprint density at radius 1 is 1.44 bits per heavy atom. The summed E-state index contributed by atoms with van der Waals surface area (Å²) >= 11 is 0. The van der Waals surface area contributed by atoms with Gasteiger partial charge in [0.1, 0.15) is 0 Å². The third-order valence-electron chi connectivity index (χ3n) is 2.71. The minimum absolute atomic E-state index is 0.0121. The van der Waals surface area contributed by atoms with Crippen LogP contribution in [0.1, 0.15) is 40.5 Å². The van der Waals surface area contributed by atoms with Crippen molar-refractivity contribution in [3.8, 4) is 6.07 Å². The molecule has 0 heterocycles. The van der Waals surface area contributed by atoms with Gasteiger partial charge < -0.3 is 5.32 Å². The van der Waals surface area contributed by atoms with Crippen molar-refractivity contribution in [1.29, 1.82) is 5.26 Å². The average Bonchev–Trinajstić information content (AvgIpc) is 2.27. The Morgan fingerprint density at radius 2 is 2.06 bits per heavy atom. The van der Waals surface area contributed by atoms with Gasteiger partial charge in [-0.05, 0) is 33.2 Å². The summed E-state index contributed by atoms with van der Waals surface area (Å²) in [6.07, 6.45) is 1.87. The Morgan fingerprint density at radius 3 is 2.50 bits per heavy atom. The number of nitrogens with one attached hydrogen (secondary N) is 1. The van der Waals surface area contributed by atoms with Crippen molar-refractivity contribution in [3.05, 3.63) is 0 Å². The van der Waals surface area contributed by atoms with Crippen LogP contribution in [-0.2, 0) is 4.79 Å². The number of carbonyl (C=O) groups excluding carboxylic acids is 1. The highest BCUT2D eigenvalue weighted by molar-refractivity contribution is 5.81. The monoisotopic (exact) mass is 225 g/mol. The molecule has 92 valence electrons. The maximum absolute atomic E-state index is 11.8. The van der Waals surface area contributed by atoms with E-state index < -0.39 is 0 Å². The molecule has 4 heteroatoms. The number of hydrogen-bond acceptors (Lipinski definition) is 3. The highest BCUT2D eigenvalue weighted by atomic mass is 16.2. The summed E-state index contributed by atoms with van der Waals surface area (Å²) in [7, 11) is 0. The van der Waals surface area contributed by atoms with Crippen LogP contribution < -0.4 is 5.32 Å². The quantitative estimate of drug-likeness (QED) is 0.668. The van der Waals surface area contributed by atoms with E-state index in [2.05, 4.69) is 11.4 Å². The third-order valence-corrected chi connectivity index (χ3v) is 2.71. The number of amides is 1. The number of rotatable bonds is 7. The van der Waals surface area contributed by atoms with Gasteiger partial charge in [-0.2, -0.15) is 5.26 Å². The lowest BCUT2D eigenvalue weighted by atomic mass is 10.2. The fraction of sp³-hybridized carbons (Fsp3) is 0.833. The molecule has 0 saturated carbocycles. The number of nitriles is 1. The second-order valence-electron chi connectivity index (χ2n) is 4.12. The van der Waals surface area contributed by atoms with Crippen LogP contribution in [0.2, 0.25) is 0 Å². The van der Waals surface area contributed by atoms with E-state index in [-0.39, 0.29) is 18.0 Å². The molecule has 2 atom stereocenters. The minimum atomic E-state index is -0.228. The molecule has 0 aliphatic carbocycles. The first-order chi connectivity index (χ1) is 7.56. The Hall–Kier alpha value is -1.08. The molecule has 2 unspecified atom stereocenters. The Labute approximate surface area is 98.6 Å². The standard InChI is InChI=1S/C12H23N3O/c1-5-8-15(9-7-13)11(4)12(16)14-10(3)6-2/h10-11H,5-6,8-9H2,1-4H3,(H,14,16). The second-order valence-corrected chi connectivity index (χ2v) is 4.12. The lowest BCUT2D eigenvalue weighted by molar-refractivity contribution is -0.126. The van der Waals surface area contributed by atoms with Gasteiger partial charge in [-0.25, -0.2) is 0 Å². The van der Waals surface area contributed by atoms with Gasteiger partial charge in [0.05, 0.1) is 18.7 Å². The maximum Gasteiger partial charge on any atom is 0.237 e. The van der Waals surface area contributed by atoms with Gasteiger partial charge in [0.2, 0.25) is 5.91 Å². The van der Waals surface area contributed by atoms with E-state index >= 15 is 0 Å². The van der Waals surface area contributed by atoms with Crippen molar-refractivity contribution in [2.75, 3.05) is 13.1 Å². The molecule has 0 aromatic heterocycles. The first kappa shape index (κ1) is 14.9. The lowest BCUT2D eigenvalue weighted by Crippen LogP contribution is -2.47. The lowest BCUT2D eigenvalue weighted by Gasteiger charge is -2.26. The summed E-state index contributed by atoms with van der Waals surface area (Å²) in [5, 5.41) is 11.6. The SMILES string of the molecule is CCCN(CC#N)C(C)C(=O)NC(C)CC. The van der Waals surface area contributed by atoms with Crippen LogP contribution in [0.4, 0.5) is 0 Å². The van der Waals surface area contributed by atoms with E-state index in [1.54, 1.807) is 0 Å². The molecular weight excluding hydrogens is 202 g/mol. The van der Waals surface area contributed by atoms with E-state index in [1.807, 2.05) is 32.6 Å². The predicted molar refractivity (Wildman–Crippen MR) is 64.8 cm³/mol. The summed E-state index contributed by atoms with van der Waals surface area (Å²) in [6, 6.07) is 2.07. The molecule has 0 aliphatic rings. The van der Waals surface area contributed by atoms with E-state index in [1.165, 1.54) is 0 Å². The van der Waals surface area contributed by atoms with Crippen LogP contribution in [0.5, 0.6) is 0 Å². The van der Waals surface area contributed by atoms with Gasteiger partial charge in [0, 0.05) is 6.04 Å². The van der Waals surface area contributed by atoms with Crippen molar-refractivity contribution in [2.45, 2.75) is 52.6 Å². The molecule has 0 aromatic rings. The normalized spacial score (nSPS) is 14.2. The van der Waals surface area contributed by atoms with Crippen molar-refractivity contribution >= 4 is 5.91 Å². The van der Waals surface area contributed by atoms with Gasteiger partial charge >= 0.3 is 0 Å². The second kappa shape index (κ2) is 8.12. The Kier molecular flexibility index (Phi) is 7.57. The topological polar surface area (TPSA) is 56.1 Å². The van der Waals surface area contributed by atoms with Gasteiger partial charge in [0.15, 0.2) is 0 Å². The smallest absolute Gasteiger partial charge is 0.237 e. The van der Waals surface area contributed by atoms with Crippen molar-refractivity contribution in [2.24, 2.45) is 0 Å². The van der Waals surface area contributed by atoms with Crippen LogP contribution in [0.3, 0.4) is 0 Å². The van der Waals surface area contributed by atoms with Gasteiger partial charge in [-0.3, -0.25) is 9.69 Å². The van der Waals surface area contributed by atoms with Gasteiger partial charge in [-0.1, -0.05) is 13.8 Å². The van der Waals surface area contributed by atoms with Crippen LogP contribution in [0, 0.1) is 11.3 Å². The molecule has 0 aliphatic heterocycles. The summed E-state index contributed by atoms with van der Waals surface area (Å²) in [5.74, 6) is 0.0121. The van der Waals surface area contributed by atoms with E-state index in [9.17, 15) is 4.79 Å². The molecule has 0 spiro atoms. The highest BCUT2D eigenvalue weighted by Gasteiger charge is 2.20.